The maximum absolute atomic E-state index is 12.2. The molecule has 1 aliphatic rings. The van der Waals surface area contributed by atoms with E-state index in [0.717, 1.165) is 11.0 Å². The number of rotatable bonds is 3. The summed E-state index contributed by atoms with van der Waals surface area (Å²) in [5.74, 6) is -0.111. The fourth-order valence-corrected chi connectivity index (χ4v) is 3.22. The molecule has 21 heavy (non-hydrogen) atoms. The predicted octanol–water partition coefficient (Wildman–Crippen LogP) is 3.02. The number of carbonyl (C=O) groups excluding carboxylic acids is 1. The Labute approximate surface area is 131 Å². The zero-order valence-electron chi connectivity index (χ0n) is 11.0. The van der Waals surface area contributed by atoms with Gasteiger partial charge in [-0.25, -0.2) is 4.98 Å². The number of hydrogen-bond donors (Lipinski definition) is 0. The molecule has 0 radical (unpaired) electrons. The molecule has 2 aromatic rings. The molecule has 0 aliphatic carbocycles. The molecule has 0 unspecified atom stereocenters. The molecule has 104 valence electrons. The highest BCUT2D eigenvalue weighted by atomic mass is 32.2. The first kappa shape index (κ1) is 13.9. The van der Waals surface area contributed by atoms with Crippen LogP contribution in [0.2, 0.25) is 0 Å². The number of benzene rings is 1. The minimum Gasteiger partial charge on any atom is -0.289 e. The van der Waals surface area contributed by atoms with E-state index in [1.807, 2.05) is 24.3 Å². The van der Waals surface area contributed by atoms with Crippen molar-refractivity contribution >= 4 is 51.3 Å². The first-order valence-electron chi connectivity index (χ1n) is 6.27. The molecule has 1 aliphatic heterocycles. The average molecular weight is 313 g/mol. The summed E-state index contributed by atoms with van der Waals surface area (Å²) in [6.07, 6.45) is 5.04. The van der Waals surface area contributed by atoms with Gasteiger partial charge >= 0.3 is 0 Å². The third-order valence-corrected chi connectivity index (χ3v) is 4.31. The lowest BCUT2D eigenvalue weighted by Crippen LogP contribution is -2.27. The monoisotopic (exact) mass is 313 g/mol. The van der Waals surface area contributed by atoms with Crippen LogP contribution in [0, 0.1) is 0 Å². The quantitative estimate of drug-likeness (QED) is 0.495. The number of hydrogen-bond acceptors (Lipinski definition) is 5. The summed E-state index contributed by atoms with van der Waals surface area (Å²) in [7, 11) is 0. The maximum atomic E-state index is 12.2. The molecule has 1 aromatic carbocycles. The Morgan fingerprint density at radius 2 is 2.10 bits per heavy atom. The fourth-order valence-electron chi connectivity index (χ4n) is 1.96. The van der Waals surface area contributed by atoms with Gasteiger partial charge in [0.15, 0.2) is 0 Å². The number of thioether (sulfide) groups is 1. The van der Waals surface area contributed by atoms with Crippen molar-refractivity contribution in [2.75, 3.05) is 6.54 Å². The molecular formula is C15H11N3OS2. The average Bonchev–Trinajstić information content (AvgIpc) is 2.75. The van der Waals surface area contributed by atoms with Crippen LogP contribution in [0.5, 0.6) is 0 Å². The number of thiocarbonyl (C=S) groups is 1. The van der Waals surface area contributed by atoms with Crippen molar-refractivity contribution in [3.05, 3.63) is 53.7 Å². The first-order valence-corrected chi connectivity index (χ1v) is 7.49. The minimum atomic E-state index is -0.111. The second kappa shape index (κ2) is 5.75. The molecule has 0 saturated carbocycles. The standard InChI is InChI=1S/C15H11N3OS2/c1-2-7-18-14(19)13(21-15(18)20)8-10-9-16-11-5-3-4-6-12(11)17-10/h2-6,8-9H,1,7H2/b13-8+. The first-order chi connectivity index (χ1) is 10.2. The van der Waals surface area contributed by atoms with E-state index in [0.29, 0.717) is 21.5 Å². The normalized spacial score (nSPS) is 17.0. The smallest absolute Gasteiger partial charge is 0.266 e. The summed E-state index contributed by atoms with van der Waals surface area (Å²) in [5.41, 5.74) is 2.27. The molecule has 6 heteroatoms. The van der Waals surface area contributed by atoms with Crippen molar-refractivity contribution < 1.29 is 4.79 Å². The van der Waals surface area contributed by atoms with Crippen molar-refractivity contribution in [2.45, 2.75) is 0 Å². The molecule has 1 aromatic heterocycles. The van der Waals surface area contributed by atoms with E-state index in [4.69, 9.17) is 12.2 Å². The van der Waals surface area contributed by atoms with Gasteiger partial charge in [-0.2, -0.15) is 0 Å². The van der Waals surface area contributed by atoms with Gasteiger partial charge in [0.05, 0.1) is 27.8 Å². The van der Waals surface area contributed by atoms with Gasteiger partial charge in [-0.15, -0.1) is 6.58 Å². The number of para-hydroxylation sites is 2. The van der Waals surface area contributed by atoms with Crippen LogP contribution in [0.4, 0.5) is 0 Å². The van der Waals surface area contributed by atoms with Gasteiger partial charge in [0.1, 0.15) is 4.32 Å². The minimum absolute atomic E-state index is 0.111. The molecular weight excluding hydrogens is 302 g/mol. The Kier molecular flexibility index (Phi) is 3.81. The lowest BCUT2D eigenvalue weighted by molar-refractivity contribution is -0.121. The van der Waals surface area contributed by atoms with E-state index < -0.39 is 0 Å². The highest BCUT2D eigenvalue weighted by Gasteiger charge is 2.31. The molecule has 3 rings (SSSR count). The van der Waals surface area contributed by atoms with Gasteiger partial charge in [0.2, 0.25) is 0 Å². The summed E-state index contributed by atoms with van der Waals surface area (Å²) in [6, 6.07) is 7.61. The summed E-state index contributed by atoms with van der Waals surface area (Å²) in [4.78, 5) is 23.1. The van der Waals surface area contributed by atoms with Crippen LogP contribution >= 0.6 is 24.0 Å². The second-order valence-corrected chi connectivity index (χ2v) is 6.04. The van der Waals surface area contributed by atoms with Crippen molar-refractivity contribution in [1.29, 1.82) is 0 Å². The highest BCUT2D eigenvalue weighted by Crippen LogP contribution is 2.32. The zero-order chi connectivity index (χ0) is 14.8. The Bertz CT molecular complexity index is 785. The summed E-state index contributed by atoms with van der Waals surface area (Å²) < 4.78 is 0.542. The third kappa shape index (κ3) is 2.72. The van der Waals surface area contributed by atoms with Crippen LogP contribution in [0.1, 0.15) is 5.69 Å². The van der Waals surface area contributed by atoms with Crippen molar-refractivity contribution in [3.63, 3.8) is 0 Å². The van der Waals surface area contributed by atoms with E-state index in [-0.39, 0.29) is 5.91 Å². The van der Waals surface area contributed by atoms with Crippen LogP contribution in [-0.2, 0) is 4.79 Å². The topological polar surface area (TPSA) is 46.1 Å². The Morgan fingerprint density at radius 3 is 2.86 bits per heavy atom. The lowest BCUT2D eigenvalue weighted by Gasteiger charge is -2.10. The van der Waals surface area contributed by atoms with E-state index in [1.165, 1.54) is 16.7 Å². The van der Waals surface area contributed by atoms with E-state index in [2.05, 4.69) is 16.5 Å². The summed E-state index contributed by atoms with van der Waals surface area (Å²) in [5, 5.41) is 0. The van der Waals surface area contributed by atoms with E-state index >= 15 is 0 Å². The summed E-state index contributed by atoms with van der Waals surface area (Å²) >= 11 is 6.47. The van der Waals surface area contributed by atoms with Gasteiger partial charge < -0.3 is 0 Å². The number of nitrogens with zero attached hydrogens (tertiary/aromatic N) is 3. The van der Waals surface area contributed by atoms with Crippen molar-refractivity contribution in [2.24, 2.45) is 0 Å². The number of amides is 1. The third-order valence-electron chi connectivity index (χ3n) is 2.93. The molecule has 0 bridgehead atoms. The molecule has 1 amide bonds. The maximum Gasteiger partial charge on any atom is 0.266 e. The van der Waals surface area contributed by atoms with Crippen LogP contribution < -0.4 is 0 Å². The van der Waals surface area contributed by atoms with Crippen LogP contribution in [-0.4, -0.2) is 31.6 Å². The molecule has 4 nitrogen and oxygen atoms in total. The molecule has 0 spiro atoms. The Hall–Kier alpha value is -2.05. The number of aromatic nitrogens is 2. The van der Waals surface area contributed by atoms with Crippen LogP contribution in [0.25, 0.3) is 17.1 Å². The van der Waals surface area contributed by atoms with Crippen LogP contribution in [0.3, 0.4) is 0 Å². The molecule has 0 atom stereocenters. The van der Waals surface area contributed by atoms with E-state index in [1.54, 1.807) is 18.3 Å². The lowest BCUT2D eigenvalue weighted by atomic mass is 10.3. The Morgan fingerprint density at radius 1 is 1.33 bits per heavy atom. The van der Waals surface area contributed by atoms with Crippen LogP contribution in [0.15, 0.2) is 48.0 Å². The summed E-state index contributed by atoms with van der Waals surface area (Å²) in [6.45, 7) is 4.05. The predicted molar refractivity (Wildman–Crippen MR) is 89.6 cm³/mol. The number of carbonyl (C=O) groups is 1. The SMILES string of the molecule is C=CCN1C(=O)/C(=C\c2cnc3ccccc3n2)SC1=S. The van der Waals surface area contributed by atoms with Gasteiger partial charge in [-0.05, 0) is 18.2 Å². The zero-order valence-corrected chi connectivity index (χ0v) is 12.7. The molecule has 0 N–H and O–H groups in total. The van der Waals surface area contributed by atoms with E-state index in [9.17, 15) is 4.79 Å². The Balaban J connectivity index is 1.95. The van der Waals surface area contributed by atoms with Gasteiger partial charge in [0.25, 0.3) is 5.91 Å². The highest BCUT2D eigenvalue weighted by molar-refractivity contribution is 8.26. The van der Waals surface area contributed by atoms with Gasteiger partial charge in [-0.3, -0.25) is 14.7 Å². The van der Waals surface area contributed by atoms with Crippen molar-refractivity contribution in [1.82, 2.24) is 14.9 Å². The van der Waals surface area contributed by atoms with Crippen molar-refractivity contribution in [3.8, 4) is 0 Å². The largest absolute Gasteiger partial charge is 0.289 e. The number of fused-ring (bicyclic) bond motifs is 1. The molecule has 1 fully saturated rings. The fraction of sp³-hybridized carbons (Fsp3) is 0.0667. The molecule has 1 saturated heterocycles. The molecule has 2 heterocycles. The second-order valence-electron chi connectivity index (χ2n) is 4.36. The van der Waals surface area contributed by atoms with Gasteiger partial charge in [-0.1, -0.05) is 42.2 Å². The van der Waals surface area contributed by atoms with Gasteiger partial charge in [0, 0.05) is 6.54 Å².